The van der Waals surface area contributed by atoms with E-state index in [1.54, 1.807) is 24.3 Å². The van der Waals surface area contributed by atoms with Crippen LogP contribution in [0.1, 0.15) is 5.56 Å². The molecule has 6 nitrogen and oxygen atoms in total. The molecule has 7 heteroatoms. The maximum absolute atomic E-state index is 10.8. The number of carbonyl (C=O) groups excluding carboxylic acids is 1. The first-order valence-electron chi connectivity index (χ1n) is 4.77. The topological polar surface area (TPSA) is 110 Å². The lowest BCUT2D eigenvalue weighted by Gasteiger charge is -2.13. The van der Waals surface area contributed by atoms with Crippen LogP contribution in [-0.2, 0) is 11.2 Å². The maximum atomic E-state index is 10.8. The van der Waals surface area contributed by atoms with Crippen LogP contribution in [0.2, 0.25) is 0 Å². The van der Waals surface area contributed by atoms with E-state index >= 15 is 0 Å². The molecule has 0 aliphatic carbocycles. The van der Waals surface area contributed by atoms with E-state index < -0.39 is 18.0 Å². The second-order valence-corrected chi connectivity index (χ2v) is 3.87. The van der Waals surface area contributed by atoms with Gasteiger partial charge < -0.3 is 16.6 Å². The Kier molecular flexibility index (Phi) is 4.36. The van der Waals surface area contributed by atoms with Crippen LogP contribution in [0, 0.1) is 0 Å². The summed E-state index contributed by atoms with van der Waals surface area (Å²) in [5.74, 6) is -1.05. The van der Waals surface area contributed by atoms with E-state index in [4.69, 9.17) is 16.6 Å². The first kappa shape index (κ1) is 13.3. The molecule has 0 fully saturated rings. The van der Waals surface area contributed by atoms with E-state index in [2.05, 4.69) is 12.8 Å². The number of amides is 2. The summed E-state index contributed by atoms with van der Waals surface area (Å²) in [6.07, 6.45) is 0.221. The molecule has 0 bridgehead atoms. The molecule has 0 spiro atoms. The Morgan fingerprint density at radius 3 is 2.29 bits per heavy atom. The molecule has 17 heavy (non-hydrogen) atoms. The van der Waals surface area contributed by atoms with Crippen molar-refractivity contribution in [1.82, 2.24) is 0 Å². The molecule has 0 aliphatic heterocycles. The Morgan fingerprint density at radius 2 is 1.88 bits per heavy atom. The monoisotopic (exact) mass is 255 g/mol. The zero-order valence-corrected chi connectivity index (χ0v) is 9.80. The quantitative estimate of drug-likeness (QED) is 0.583. The first-order valence-corrected chi connectivity index (χ1v) is 5.17. The number of carboxylic acid groups (broad SMARTS) is 1. The predicted octanol–water partition coefficient (Wildman–Crippen LogP) is 0.371. The van der Waals surface area contributed by atoms with E-state index in [1.165, 1.54) is 0 Å². The van der Waals surface area contributed by atoms with Crippen molar-refractivity contribution in [3.8, 4) is 0 Å². The summed E-state index contributed by atoms with van der Waals surface area (Å²) in [4.78, 5) is 21.4. The van der Waals surface area contributed by atoms with E-state index in [9.17, 15) is 9.59 Å². The van der Waals surface area contributed by atoms with Gasteiger partial charge in [0.05, 0.1) is 5.69 Å². The molecule has 0 heterocycles. The third-order valence-electron chi connectivity index (χ3n) is 2.16. The predicted molar refractivity (Wildman–Crippen MR) is 66.8 cm³/mol. The summed E-state index contributed by atoms with van der Waals surface area (Å²) in [6.45, 7) is 0. The molecule has 5 N–H and O–H groups in total. The zero-order valence-electron chi connectivity index (χ0n) is 8.91. The van der Waals surface area contributed by atoms with Crippen LogP contribution >= 0.6 is 12.8 Å². The fourth-order valence-electron chi connectivity index (χ4n) is 1.24. The van der Waals surface area contributed by atoms with Crippen LogP contribution in [0.3, 0.4) is 0 Å². The van der Waals surface area contributed by atoms with Crippen molar-refractivity contribution in [3.63, 3.8) is 0 Å². The summed E-state index contributed by atoms with van der Waals surface area (Å²) < 4.78 is 0.987. The van der Waals surface area contributed by atoms with Crippen molar-refractivity contribution in [2.75, 3.05) is 4.31 Å². The summed E-state index contributed by atoms with van der Waals surface area (Å²) >= 11 is 3.89. The van der Waals surface area contributed by atoms with Gasteiger partial charge in [0.2, 0.25) is 0 Å². The molecule has 0 aromatic heterocycles. The Hall–Kier alpha value is -1.73. The van der Waals surface area contributed by atoms with Crippen molar-refractivity contribution < 1.29 is 14.7 Å². The number of carboxylic acids is 1. The zero-order chi connectivity index (χ0) is 13.0. The van der Waals surface area contributed by atoms with E-state index in [1.807, 2.05) is 0 Å². The van der Waals surface area contributed by atoms with Gasteiger partial charge in [0.15, 0.2) is 0 Å². The largest absolute Gasteiger partial charge is 0.480 e. The van der Waals surface area contributed by atoms with E-state index in [0.29, 0.717) is 5.69 Å². The van der Waals surface area contributed by atoms with Gasteiger partial charge in [-0.05, 0) is 24.1 Å². The van der Waals surface area contributed by atoms with Crippen molar-refractivity contribution in [2.45, 2.75) is 12.5 Å². The number of rotatable bonds is 4. The number of thiol groups is 1. The van der Waals surface area contributed by atoms with Gasteiger partial charge in [0.1, 0.15) is 6.04 Å². The van der Waals surface area contributed by atoms with Gasteiger partial charge >= 0.3 is 12.0 Å². The molecule has 0 aliphatic rings. The number of nitrogens with two attached hydrogens (primary N) is 2. The molecule has 1 aromatic rings. The molecule has 0 unspecified atom stereocenters. The molecule has 2 amide bonds. The fourth-order valence-corrected chi connectivity index (χ4v) is 1.38. The van der Waals surface area contributed by atoms with Crippen molar-refractivity contribution in [2.24, 2.45) is 11.5 Å². The summed E-state index contributed by atoms with van der Waals surface area (Å²) in [6, 6.07) is 4.94. The highest BCUT2D eigenvalue weighted by molar-refractivity contribution is 7.82. The smallest absolute Gasteiger partial charge is 0.329 e. The number of nitrogens with zero attached hydrogens (tertiary/aromatic N) is 1. The van der Waals surface area contributed by atoms with Crippen LogP contribution in [-0.4, -0.2) is 23.1 Å². The second-order valence-electron chi connectivity index (χ2n) is 3.47. The summed E-state index contributed by atoms with van der Waals surface area (Å²) in [5.41, 5.74) is 11.7. The van der Waals surface area contributed by atoms with Gasteiger partial charge in [-0.2, -0.15) is 0 Å². The van der Waals surface area contributed by atoms with Crippen molar-refractivity contribution in [1.29, 1.82) is 0 Å². The highest BCUT2D eigenvalue weighted by atomic mass is 32.1. The van der Waals surface area contributed by atoms with Crippen LogP contribution in [0.25, 0.3) is 0 Å². The van der Waals surface area contributed by atoms with Crippen molar-refractivity contribution in [3.05, 3.63) is 29.8 Å². The number of benzene rings is 1. The number of carbonyl (C=O) groups is 2. The van der Waals surface area contributed by atoms with Crippen LogP contribution in [0.4, 0.5) is 10.5 Å². The molecule has 0 radical (unpaired) electrons. The van der Waals surface area contributed by atoms with Gasteiger partial charge in [0, 0.05) is 0 Å². The number of anilines is 1. The Bertz CT molecular complexity index is 421. The number of urea groups is 1. The van der Waals surface area contributed by atoms with E-state index in [0.717, 1.165) is 9.87 Å². The molecular weight excluding hydrogens is 242 g/mol. The normalized spacial score (nSPS) is 11.9. The average Bonchev–Trinajstić information content (AvgIpc) is 2.28. The summed E-state index contributed by atoms with van der Waals surface area (Å²) in [7, 11) is 0. The van der Waals surface area contributed by atoms with Gasteiger partial charge in [0.25, 0.3) is 0 Å². The lowest BCUT2D eigenvalue weighted by atomic mass is 10.1. The molecule has 0 saturated carbocycles. The second kappa shape index (κ2) is 5.55. The van der Waals surface area contributed by atoms with Crippen LogP contribution < -0.4 is 15.8 Å². The number of primary amides is 1. The van der Waals surface area contributed by atoms with Gasteiger partial charge in [-0.3, -0.25) is 4.79 Å². The third-order valence-corrected chi connectivity index (χ3v) is 2.59. The fraction of sp³-hybridized carbons (Fsp3) is 0.200. The molecule has 1 aromatic carbocycles. The average molecular weight is 255 g/mol. The van der Waals surface area contributed by atoms with Gasteiger partial charge in [-0.1, -0.05) is 24.9 Å². The third kappa shape index (κ3) is 3.65. The molecule has 0 saturated heterocycles. The van der Waals surface area contributed by atoms with Gasteiger partial charge in [-0.15, -0.1) is 0 Å². The molecule has 92 valence electrons. The SMILES string of the molecule is NC(=O)N(S)c1ccc(C[C@H](N)C(=O)O)cc1. The molecule has 1 atom stereocenters. The Labute approximate surface area is 104 Å². The number of hydrogen-bond donors (Lipinski definition) is 4. The Balaban J connectivity index is 2.75. The minimum Gasteiger partial charge on any atom is -0.480 e. The van der Waals surface area contributed by atoms with E-state index in [-0.39, 0.29) is 6.42 Å². The lowest BCUT2D eigenvalue weighted by molar-refractivity contribution is -0.138. The Morgan fingerprint density at radius 1 is 1.35 bits per heavy atom. The van der Waals surface area contributed by atoms with Crippen LogP contribution in [0.5, 0.6) is 0 Å². The van der Waals surface area contributed by atoms with Crippen molar-refractivity contribution >= 4 is 30.5 Å². The number of aliphatic carboxylic acids is 1. The summed E-state index contributed by atoms with van der Waals surface area (Å²) in [5, 5.41) is 8.65. The minimum atomic E-state index is -1.05. The standard InChI is InChI=1S/C10H13N3O3S/c11-8(9(14)15)5-6-1-3-7(4-2-6)13(17)10(12)16/h1-4,8,17H,5,11H2,(H2,12,16)(H,14,15)/t8-/m0/s1. The highest BCUT2D eigenvalue weighted by Gasteiger charge is 2.12. The van der Waals surface area contributed by atoms with Gasteiger partial charge in [-0.25, -0.2) is 9.10 Å². The minimum absolute atomic E-state index is 0.221. The van der Waals surface area contributed by atoms with Crippen LogP contribution in [0.15, 0.2) is 24.3 Å². The maximum Gasteiger partial charge on any atom is 0.329 e. The molecular formula is C10H13N3O3S. The lowest BCUT2D eigenvalue weighted by Crippen LogP contribution is -2.32. The number of hydrogen-bond acceptors (Lipinski definition) is 4. The highest BCUT2D eigenvalue weighted by Crippen LogP contribution is 2.17. The first-order chi connectivity index (χ1) is 7.91. The molecule has 1 rings (SSSR count).